The van der Waals surface area contributed by atoms with Crippen LogP contribution in [0.4, 0.5) is 5.69 Å². The molecule has 0 aliphatic rings. The highest BCUT2D eigenvalue weighted by atomic mass is 16.5. The number of imidazole rings is 1. The minimum atomic E-state index is -0.248. The van der Waals surface area contributed by atoms with Gasteiger partial charge in [0, 0.05) is 24.1 Å². The highest BCUT2D eigenvalue weighted by Crippen LogP contribution is 2.20. The number of nitrogens with zero attached hydrogens (tertiary/aromatic N) is 3. The zero-order chi connectivity index (χ0) is 16.9. The monoisotopic (exact) mass is 326 g/mol. The van der Waals surface area contributed by atoms with E-state index in [1.54, 1.807) is 38.5 Å². The van der Waals surface area contributed by atoms with Gasteiger partial charge in [0.25, 0.3) is 5.91 Å². The number of amides is 1. The second-order valence-corrected chi connectivity index (χ2v) is 5.33. The predicted octanol–water partition coefficient (Wildman–Crippen LogP) is 2.82. The van der Waals surface area contributed by atoms with E-state index in [1.807, 2.05) is 22.9 Å². The number of hydrogen-bond acceptors (Lipinski definition) is 5. The molecule has 0 aliphatic heterocycles. The molecule has 1 aromatic carbocycles. The van der Waals surface area contributed by atoms with Crippen LogP contribution in [0.3, 0.4) is 0 Å². The van der Waals surface area contributed by atoms with Gasteiger partial charge in [-0.05, 0) is 26.0 Å². The van der Waals surface area contributed by atoms with Crippen LogP contribution >= 0.6 is 0 Å². The van der Waals surface area contributed by atoms with E-state index in [4.69, 9.17) is 9.26 Å². The van der Waals surface area contributed by atoms with Gasteiger partial charge in [0.2, 0.25) is 0 Å². The largest absolute Gasteiger partial charge is 0.492 e. The van der Waals surface area contributed by atoms with E-state index in [0.29, 0.717) is 41.6 Å². The highest BCUT2D eigenvalue weighted by Gasteiger charge is 2.17. The Morgan fingerprint density at radius 2 is 2.25 bits per heavy atom. The van der Waals surface area contributed by atoms with Crippen LogP contribution in [-0.2, 0) is 6.54 Å². The molecule has 124 valence electrons. The molecule has 7 nitrogen and oxygen atoms in total. The van der Waals surface area contributed by atoms with Crippen molar-refractivity contribution in [1.82, 2.24) is 14.7 Å². The van der Waals surface area contributed by atoms with Gasteiger partial charge in [0.15, 0.2) is 0 Å². The third-order valence-electron chi connectivity index (χ3n) is 3.53. The van der Waals surface area contributed by atoms with Gasteiger partial charge in [0.05, 0.1) is 18.6 Å². The van der Waals surface area contributed by atoms with Gasteiger partial charge in [-0.25, -0.2) is 4.98 Å². The summed E-state index contributed by atoms with van der Waals surface area (Å²) in [4.78, 5) is 16.3. The van der Waals surface area contributed by atoms with Crippen LogP contribution < -0.4 is 10.1 Å². The molecule has 0 radical (unpaired) electrons. The van der Waals surface area contributed by atoms with Gasteiger partial charge in [-0.1, -0.05) is 11.2 Å². The maximum atomic E-state index is 12.3. The zero-order valence-corrected chi connectivity index (χ0v) is 13.5. The second-order valence-electron chi connectivity index (χ2n) is 5.33. The summed E-state index contributed by atoms with van der Waals surface area (Å²) >= 11 is 0. The molecular formula is C17H18N4O3. The lowest BCUT2D eigenvalue weighted by atomic mass is 10.2. The standard InChI is InChI=1S/C17H18N4O3/c1-12-16(13(2)24-20-12)17(22)19-14-4-3-5-15(10-14)23-9-8-21-7-6-18-11-21/h3-7,10-11H,8-9H2,1-2H3,(H,19,22). The van der Waals surface area contributed by atoms with Gasteiger partial charge in [-0.3, -0.25) is 4.79 Å². The van der Waals surface area contributed by atoms with Crippen molar-refractivity contribution in [3.05, 3.63) is 60.0 Å². The number of nitrogens with one attached hydrogen (secondary N) is 1. The number of carbonyl (C=O) groups is 1. The lowest BCUT2D eigenvalue weighted by molar-refractivity contribution is 0.102. The van der Waals surface area contributed by atoms with Gasteiger partial charge in [-0.15, -0.1) is 0 Å². The minimum absolute atomic E-state index is 0.248. The van der Waals surface area contributed by atoms with Gasteiger partial charge in [0.1, 0.15) is 23.7 Å². The fourth-order valence-electron chi connectivity index (χ4n) is 2.35. The average Bonchev–Trinajstić information content (AvgIpc) is 3.18. The van der Waals surface area contributed by atoms with E-state index < -0.39 is 0 Å². The lowest BCUT2D eigenvalue weighted by Gasteiger charge is -2.09. The highest BCUT2D eigenvalue weighted by molar-refractivity contribution is 6.05. The van der Waals surface area contributed by atoms with Crippen LogP contribution in [0.25, 0.3) is 0 Å². The van der Waals surface area contributed by atoms with Gasteiger partial charge < -0.3 is 19.1 Å². The summed E-state index contributed by atoms with van der Waals surface area (Å²) in [6.45, 7) is 4.67. The molecule has 7 heteroatoms. The summed E-state index contributed by atoms with van der Waals surface area (Å²) in [6.07, 6.45) is 5.35. The molecular weight excluding hydrogens is 308 g/mol. The molecule has 3 rings (SSSR count). The van der Waals surface area contributed by atoms with E-state index >= 15 is 0 Å². The fourth-order valence-corrected chi connectivity index (χ4v) is 2.35. The van der Waals surface area contributed by atoms with Gasteiger partial charge in [-0.2, -0.15) is 0 Å². The number of anilines is 1. The maximum Gasteiger partial charge on any atom is 0.261 e. The number of carbonyl (C=O) groups excluding carboxylic acids is 1. The van der Waals surface area contributed by atoms with E-state index in [-0.39, 0.29) is 5.91 Å². The van der Waals surface area contributed by atoms with Crippen LogP contribution in [-0.4, -0.2) is 27.2 Å². The minimum Gasteiger partial charge on any atom is -0.492 e. The SMILES string of the molecule is Cc1noc(C)c1C(=O)Nc1cccc(OCCn2ccnc2)c1. The summed E-state index contributed by atoms with van der Waals surface area (Å²) in [5.74, 6) is 0.936. The number of benzene rings is 1. The van der Waals surface area contributed by atoms with E-state index in [9.17, 15) is 4.79 Å². The van der Waals surface area contributed by atoms with Crippen molar-refractivity contribution in [3.8, 4) is 5.75 Å². The number of aryl methyl sites for hydroxylation is 2. The summed E-state index contributed by atoms with van der Waals surface area (Å²) < 4.78 is 12.7. The molecule has 0 saturated heterocycles. The third-order valence-corrected chi connectivity index (χ3v) is 3.53. The molecule has 1 amide bonds. The first kappa shape index (κ1) is 15.8. The fraction of sp³-hybridized carbons (Fsp3) is 0.235. The molecule has 0 fully saturated rings. The second kappa shape index (κ2) is 6.99. The van der Waals surface area contributed by atoms with Gasteiger partial charge >= 0.3 is 0 Å². The van der Waals surface area contributed by atoms with Crippen LogP contribution in [0, 0.1) is 13.8 Å². The average molecular weight is 326 g/mol. The Balaban J connectivity index is 1.61. The molecule has 0 unspecified atom stereocenters. The molecule has 2 aromatic heterocycles. The quantitative estimate of drug-likeness (QED) is 0.753. The molecule has 0 aliphatic carbocycles. The van der Waals surface area contributed by atoms with Crippen LogP contribution in [0.5, 0.6) is 5.75 Å². The van der Waals surface area contributed by atoms with Crippen LogP contribution in [0.15, 0.2) is 47.5 Å². The summed E-state index contributed by atoms with van der Waals surface area (Å²) in [6, 6.07) is 7.26. The Labute approximate surface area is 139 Å². The van der Waals surface area contributed by atoms with Crippen molar-refractivity contribution >= 4 is 11.6 Å². The maximum absolute atomic E-state index is 12.3. The predicted molar refractivity (Wildman–Crippen MR) is 88.1 cm³/mol. The summed E-state index contributed by atoms with van der Waals surface area (Å²) in [5, 5.41) is 6.63. The Morgan fingerprint density at radius 3 is 2.96 bits per heavy atom. The Bertz CT molecular complexity index is 805. The Morgan fingerprint density at radius 1 is 1.38 bits per heavy atom. The third kappa shape index (κ3) is 3.62. The first-order chi connectivity index (χ1) is 11.6. The molecule has 1 N–H and O–H groups in total. The Kier molecular flexibility index (Phi) is 4.60. The molecule has 24 heavy (non-hydrogen) atoms. The molecule has 0 atom stereocenters. The van der Waals surface area contributed by atoms with Crippen molar-refractivity contribution in [3.63, 3.8) is 0 Å². The van der Waals surface area contributed by atoms with E-state index in [2.05, 4.69) is 15.5 Å². The summed E-state index contributed by atoms with van der Waals surface area (Å²) in [7, 11) is 0. The van der Waals surface area contributed by atoms with Crippen molar-refractivity contribution < 1.29 is 14.1 Å². The molecule has 2 heterocycles. The first-order valence-corrected chi connectivity index (χ1v) is 7.56. The molecule has 0 spiro atoms. The molecule has 3 aromatic rings. The van der Waals surface area contributed by atoms with Crippen LogP contribution in [0.1, 0.15) is 21.8 Å². The molecule has 0 bridgehead atoms. The van der Waals surface area contributed by atoms with Crippen molar-refractivity contribution in [2.75, 3.05) is 11.9 Å². The van der Waals surface area contributed by atoms with Crippen molar-refractivity contribution in [2.24, 2.45) is 0 Å². The zero-order valence-electron chi connectivity index (χ0n) is 13.5. The number of aromatic nitrogens is 3. The molecule has 0 saturated carbocycles. The first-order valence-electron chi connectivity index (χ1n) is 7.56. The van der Waals surface area contributed by atoms with E-state index in [1.165, 1.54) is 0 Å². The van der Waals surface area contributed by atoms with Crippen LogP contribution in [0.2, 0.25) is 0 Å². The van der Waals surface area contributed by atoms with E-state index in [0.717, 1.165) is 0 Å². The smallest absolute Gasteiger partial charge is 0.261 e. The van der Waals surface area contributed by atoms with Crippen molar-refractivity contribution in [1.29, 1.82) is 0 Å². The number of ether oxygens (including phenoxy) is 1. The normalized spacial score (nSPS) is 10.6. The number of hydrogen-bond donors (Lipinski definition) is 1. The lowest BCUT2D eigenvalue weighted by Crippen LogP contribution is -2.13. The number of rotatable bonds is 6. The Hall–Kier alpha value is -3.09. The summed E-state index contributed by atoms with van der Waals surface area (Å²) in [5.41, 5.74) is 1.68. The topological polar surface area (TPSA) is 82.2 Å². The van der Waals surface area contributed by atoms with Crippen molar-refractivity contribution in [2.45, 2.75) is 20.4 Å².